The number of carbonyl (C=O) groups is 1. The lowest BCUT2D eigenvalue weighted by Crippen LogP contribution is -2.36. The van der Waals surface area contributed by atoms with Gasteiger partial charge in [-0.1, -0.05) is 19.3 Å². The second-order valence-corrected chi connectivity index (χ2v) is 8.12. The molecule has 2 aromatic rings. The Bertz CT molecular complexity index is 843. The first-order chi connectivity index (χ1) is 14.7. The molecule has 4 rings (SSSR count). The monoisotopic (exact) mass is 409 g/mol. The van der Waals surface area contributed by atoms with Crippen LogP contribution in [0.5, 0.6) is 0 Å². The molecular formula is C23H31N5O2. The van der Waals surface area contributed by atoms with Gasteiger partial charge in [-0.05, 0) is 37.1 Å². The number of hydrogen-bond donors (Lipinski definition) is 3. The molecule has 0 spiro atoms. The molecule has 0 radical (unpaired) electrons. The average molecular weight is 410 g/mol. The number of nitrogens with zero attached hydrogens (tertiary/aromatic N) is 2. The van der Waals surface area contributed by atoms with E-state index >= 15 is 0 Å². The number of nitrogens with two attached hydrogens (primary N) is 1. The van der Waals surface area contributed by atoms with E-state index < -0.39 is 0 Å². The maximum Gasteiger partial charge on any atom is 0.221 e. The number of nitrogens with one attached hydrogen (secondary N) is 2. The van der Waals surface area contributed by atoms with Crippen molar-refractivity contribution in [3.8, 4) is 0 Å². The molecule has 1 saturated carbocycles. The van der Waals surface area contributed by atoms with Crippen molar-refractivity contribution in [1.29, 1.82) is 0 Å². The van der Waals surface area contributed by atoms with Crippen molar-refractivity contribution < 1.29 is 9.53 Å². The third-order valence-electron chi connectivity index (χ3n) is 5.83. The zero-order chi connectivity index (χ0) is 20.8. The second kappa shape index (κ2) is 9.80. The molecule has 1 amide bonds. The minimum absolute atomic E-state index is 0.191. The highest BCUT2D eigenvalue weighted by Crippen LogP contribution is 2.27. The molecular weight excluding hydrogens is 378 g/mol. The first kappa shape index (κ1) is 20.5. The molecule has 1 aromatic heterocycles. The zero-order valence-electron chi connectivity index (χ0n) is 17.4. The molecule has 1 saturated heterocycles. The van der Waals surface area contributed by atoms with E-state index in [9.17, 15) is 4.79 Å². The summed E-state index contributed by atoms with van der Waals surface area (Å²) in [5, 5.41) is 7.01. The minimum Gasteiger partial charge on any atom is -0.382 e. The van der Waals surface area contributed by atoms with Crippen molar-refractivity contribution in [2.45, 2.75) is 44.6 Å². The van der Waals surface area contributed by atoms with Crippen LogP contribution in [0.15, 0.2) is 36.5 Å². The Labute approximate surface area is 178 Å². The van der Waals surface area contributed by atoms with Crippen LogP contribution in [0.25, 0.3) is 0 Å². The molecule has 0 atom stereocenters. The highest BCUT2D eigenvalue weighted by atomic mass is 16.5. The van der Waals surface area contributed by atoms with Gasteiger partial charge in [0.05, 0.1) is 19.6 Å². The predicted octanol–water partition coefficient (Wildman–Crippen LogP) is 3.43. The quantitative estimate of drug-likeness (QED) is 0.649. The van der Waals surface area contributed by atoms with Gasteiger partial charge in [-0.15, -0.1) is 0 Å². The summed E-state index contributed by atoms with van der Waals surface area (Å²) >= 11 is 0. The van der Waals surface area contributed by atoms with Gasteiger partial charge >= 0.3 is 0 Å². The standard InChI is InChI=1S/C23H31N5O2/c24-22(29)14-17-16-25-23(15-21(17)26-18-4-2-1-3-5-18)27-19-6-8-20(9-7-19)28-10-12-30-13-11-28/h6-9,15-16,18H,1-5,10-14H2,(H2,24,29)(H2,25,26,27). The number of ether oxygens (including phenoxy) is 1. The van der Waals surface area contributed by atoms with E-state index in [1.807, 2.05) is 6.07 Å². The smallest absolute Gasteiger partial charge is 0.221 e. The van der Waals surface area contributed by atoms with Gasteiger partial charge in [-0.2, -0.15) is 0 Å². The van der Waals surface area contributed by atoms with E-state index in [-0.39, 0.29) is 12.3 Å². The molecule has 1 aliphatic carbocycles. The first-order valence-corrected chi connectivity index (χ1v) is 10.9. The van der Waals surface area contributed by atoms with Gasteiger partial charge in [0.1, 0.15) is 5.82 Å². The second-order valence-electron chi connectivity index (χ2n) is 8.12. The Kier molecular flexibility index (Phi) is 6.69. The van der Waals surface area contributed by atoms with Gasteiger partial charge in [-0.25, -0.2) is 4.98 Å². The van der Waals surface area contributed by atoms with Crippen LogP contribution in [0.4, 0.5) is 22.9 Å². The third-order valence-corrected chi connectivity index (χ3v) is 5.83. The summed E-state index contributed by atoms with van der Waals surface area (Å²) in [6, 6.07) is 10.8. The Hall–Kier alpha value is -2.80. The van der Waals surface area contributed by atoms with Crippen molar-refractivity contribution in [3.63, 3.8) is 0 Å². The number of hydrogen-bond acceptors (Lipinski definition) is 6. The first-order valence-electron chi connectivity index (χ1n) is 10.9. The van der Waals surface area contributed by atoms with E-state index in [2.05, 4.69) is 44.8 Å². The topological polar surface area (TPSA) is 92.5 Å². The van der Waals surface area contributed by atoms with Crippen LogP contribution in [0.1, 0.15) is 37.7 Å². The molecule has 1 aliphatic heterocycles. The number of rotatable bonds is 7. The molecule has 30 heavy (non-hydrogen) atoms. The van der Waals surface area contributed by atoms with Gasteiger partial charge in [0, 0.05) is 54.0 Å². The van der Waals surface area contributed by atoms with E-state index in [4.69, 9.17) is 10.5 Å². The number of morpholine rings is 1. The zero-order valence-corrected chi connectivity index (χ0v) is 17.4. The largest absolute Gasteiger partial charge is 0.382 e. The highest BCUT2D eigenvalue weighted by Gasteiger charge is 2.16. The van der Waals surface area contributed by atoms with Crippen LogP contribution in [-0.2, 0) is 16.0 Å². The number of amides is 1. The summed E-state index contributed by atoms with van der Waals surface area (Å²) in [6.45, 7) is 3.40. The molecule has 7 heteroatoms. The molecule has 160 valence electrons. The number of anilines is 4. The summed E-state index contributed by atoms with van der Waals surface area (Å²) < 4.78 is 5.43. The fraction of sp³-hybridized carbons (Fsp3) is 0.478. The van der Waals surface area contributed by atoms with Crippen LogP contribution in [-0.4, -0.2) is 43.2 Å². The SMILES string of the molecule is NC(=O)Cc1cnc(Nc2ccc(N3CCOCC3)cc2)cc1NC1CCCCC1. The van der Waals surface area contributed by atoms with Crippen molar-refractivity contribution >= 4 is 28.8 Å². The lowest BCUT2D eigenvalue weighted by atomic mass is 9.95. The maximum absolute atomic E-state index is 11.5. The Balaban J connectivity index is 1.47. The molecule has 0 bridgehead atoms. The van der Waals surface area contributed by atoms with Crippen LogP contribution in [0.3, 0.4) is 0 Å². The average Bonchev–Trinajstić information content (AvgIpc) is 2.77. The predicted molar refractivity (Wildman–Crippen MR) is 120 cm³/mol. The molecule has 1 aromatic carbocycles. The van der Waals surface area contributed by atoms with Crippen molar-refractivity contribution in [2.24, 2.45) is 5.73 Å². The Morgan fingerprint density at radius 1 is 1.13 bits per heavy atom. The lowest BCUT2D eigenvalue weighted by molar-refractivity contribution is -0.117. The fourth-order valence-electron chi connectivity index (χ4n) is 4.21. The maximum atomic E-state index is 11.5. The molecule has 0 unspecified atom stereocenters. The number of primary amides is 1. The van der Waals surface area contributed by atoms with Crippen molar-refractivity contribution in [3.05, 3.63) is 42.1 Å². The van der Waals surface area contributed by atoms with E-state index in [1.165, 1.54) is 24.9 Å². The van der Waals surface area contributed by atoms with Crippen molar-refractivity contribution in [2.75, 3.05) is 41.8 Å². The Morgan fingerprint density at radius 3 is 2.57 bits per heavy atom. The summed E-state index contributed by atoms with van der Waals surface area (Å²) in [6.07, 6.45) is 8.05. The van der Waals surface area contributed by atoms with Gasteiger partial charge in [0.2, 0.25) is 5.91 Å². The molecule has 2 fully saturated rings. The minimum atomic E-state index is -0.345. The highest BCUT2D eigenvalue weighted by molar-refractivity contribution is 5.79. The van der Waals surface area contributed by atoms with Crippen LogP contribution >= 0.6 is 0 Å². The summed E-state index contributed by atoms with van der Waals surface area (Å²) in [4.78, 5) is 18.3. The molecule has 2 heterocycles. The van der Waals surface area contributed by atoms with Gasteiger partial charge in [0.15, 0.2) is 0 Å². The van der Waals surface area contributed by atoms with E-state index in [1.54, 1.807) is 6.20 Å². The summed E-state index contributed by atoms with van der Waals surface area (Å²) in [5.74, 6) is 0.406. The summed E-state index contributed by atoms with van der Waals surface area (Å²) in [5.41, 5.74) is 9.42. The lowest BCUT2D eigenvalue weighted by Gasteiger charge is -2.29. The molecule has 4 N–H and O–H groups in total. The number of benzene rings is 1. The number of pyridine rings is 1. The Morgan fingerprint density at radius 2 is 1.87 bits per heavy atom. The summed E-state index contributed by atoms with van der Waals surface area (Å²) in [7, 11) is 0. The number of carbonyl (C=O) groups excluding carboxylic acids is 1. The van der Waals surface area contributed by atoms with Crippen molar-refractivity contribution in [1.82, 2.24) is 4.98 Å². The van der Waals surface area contributed by atoms with Crippen LogP contribution in [0.2, 0.25) is 0 Å². The molecule has 7 nitrogen and oxygen atoms in total. The molecule has 2 aliphatic rings. The van der Waals surface area contributed by atoms with E-state index in [0.717, 1.165) is 61.9 Å². The fourth-order valence-corrected chi connectivity index (χ4v) is 4.21. The van der Waals surface area contributed by atoms with Gasteiger partial charge in [0.25, 0.3) is 0 Å². The number of aromatic nitrogens is 1. The van der Waals surface area contributed by atoms with Crippen LogP contribution < -0.4 is 21.3 Å². The normalized spacial score (nSPS) is 17.5. The van der Waals surface area contributed by atoms with E-state index in [0.29, 0.717) is 6.04 Å². The van der Waals surface area contributed by atoms with Gasteiger partial charge < -0.3 is 26.0 Å². The third kappa shape index (κ3) is 5.42. The van der Waals surface area contributed by atoms with Gasteiger partial charge in [-0.3, -0.25) is 4.79 Å². The van der Waals surface area contributed by atoms with Crippen LogP contribution in [0, 0.1) is 0 Å².